The summed E-state index contributed by atoms with van der Waals surface area (Å²) in [5.74, 6) is 0.854. The second-order valence-electron chi connectivity index (χ2n) is 6.65. The van der Waals surface area contributed by atoms with Crippen LogP contribution in [0, 0.1) is 11.3 Å². The minimum absolute atomic E-state index is 0.475. The molecule has 1 aliphatic carbocycles. The van der Waals surface area contributed by atoms with Crippen LogP contribution in [0.25, 0.3) is 0 Å². The van der Waals surface area contributed by atoms with E-state index in [1.165, 1.54) is 70.9 Å². The fourth-order valence-electron chi connectivity index (χ4n) is 3.14. The predicted molar refractivity (Wildman–Crippen MR) is 80.7 cm³/mol. The van der Waals surface area contributed by atoms with E-state index in [1.54, 1.807) is 0 Å². The van der Waals surface area contributed by atoms with Gasteiger partial charge in [-0.2, -0.15) is 0 Å². The van der Waals surface area contributed by atoms with E-state index >= 15 is 0 Å². The largest absolute Gasteiger partial charge is 0.330 e. The highest BCUT2D eigenvalue weighted by molar-refractivity contribution is 4.84. The molecule has 0 unspecified atom stereocenters. The normalized spacial score (nSPS) is 19.3. The summed E-state index contributed by atoms with van der Waals surface area (Å²) in [7, 11) is 0. The highest BCUT2D eigenvalue weighted by Crippen LogP contribution is 2.37. The van der Waals surface area contributed by atoms with Gasteiger partial charge in [0.1, 0.15) is 0 Å². The molecule has 3 N–H and O–H groups in total. The molecule has 0 amide bonds. The average Bonchev–Trinajstić information content (AvgIpc) is 2.38. The van der Waals surface area contributed by atoms with Gasteiger partial charge in [-0.3, -0.25) is 0 Å². The van der Waals surface area contributed by atoms with E-state index in [4.69, 9.17) is 5.73 Å². The van der Waals surface area contributed by atoms with Gasteiger partial charge in [0.25, 0.3) is 0 Å². The monoisotopic (exact) mass is 254 g/mol. The number of nitrogens with one attached hydrogen (secondary N) is 1. The number of hydrogen-bond donors (Lipinski definition) is 2. The standard InChI is InChI=1S/C16H34N2/c1-15(2)8-4-7-12-18-13-11-16(14-17)9-5-3-6-10-16/h15,18H,3-14,17H2,1-2H3. The van der Waals surface area contributed by atoms with Crippen LogP contribution in [-0.4, -0.2) is 19.6 Å². The van der Waals surface area contributed by atoms with Crippen molar-refractivity contribution in [1.82, 2.24) is 5.32 Å². The number of rotatable bonds is 9. The lowest BCUT2D eigenvalue weighted by Gasteiger charge is -2.36. The van der Waals surface area contributed by atoms with E-state index in [2.05, 4.69) is 19.2 Å². The molecule has 0 saturated heterocycles. The van der Waals surface area contributed by atoms with Gasteiger partial charge in [-0.1, -0.05) is 46.0 Å². The maximum Gasteiger partial charge on any atom is -0.00201 e. The van der Waals surface area contributed by atoms with Gasteiger partial charge < -0.3 is 11.1 Å². The molecular weight excluding hydrogens is 220 g/mol. The molecule has 1 rings (SSSR count). The van der Waals surface area contributed by atoms with Crippen molar-refractivity contribution in [2.75, 3.05) is 19.6 Å². The van der Waals surface area contributed by atoms with Crippen LogP contribution in [0.3, 0.4) is 0 Å². The summed E-state index contributed by atoms with van der Waals surface area (Å²) in [5, 5.41) is 3.61. The third-order valence-electron chi connectivity index (χ3n) is 4.56. The van der Waals surface area contributed by atoms with Crippen LogP contribution in [0.2, 0.25) is 0 Å². The zero-order valence-corrected chi connectivity index (χ0v) is 12.6. The van der Waals surface area contributed by atoms with Crippen molar-refractivity contribution in [2.24, 2.45) is 17.1 Å². The van der Waals surface area contributed by atoms with Crippen LogP contribution in [0.4, 0.5) is 0 Å². The third kappa shape index (κ3) is 6.19. The Morgan fingerprint density at radius 3 is 2.39 bits per heavy atom. The summed E-state index contributed by atoms with van der Waals surface area (Å²) >= 11 is 0. The second-order valence-corrected chi connectivity index (χ2v) is 6.65. The van der Waals surface area contributed by atoms with Gasteiger partial charge in [0, 0.05) is 0 Å². The Morgan fingerprint density at radius 1 is 1.06 bits per heavy atom. The number of hydrogen-bond acceptors (Lipinski definition) is 2. The van der Waals surface area contributed by atoms with Gasteiger partial charge in [0.05, 0.1) is 0 Å². The Kier molecular flexibility index (Phi) is 7.92. The summed E-state index contributed by atoms with van der Waals surface area (Å²) < 4.78 is 0. The topological polar surface area (TPSA) is 38.0 Å². The summed E-state index contributed by atoms with van der Waals surface area (Å²) in [6, 6.07) is 0. The van der Waals surface area contributed by atoms with Crippen LogP contribution in [0.15, 0.2) is 0 Å². The summed E-state index contributed by atoms with van der Waals surface area (Å²) in [5.41, 5.74) is 6.48. The number of nitrogens with two attached hydrogens (primary N) is 1. The molecule has 0 aromatic heterocycles. The van der Waals surface area contributed by atoms with Crippen LogP contribution in [0.5, 0.6) is 0 Å². The van der Waals surface area contributed by atoms with Crippen molar-refractivity contribution < 1.29 is 0 Å². The molecule has 0 bridgehead atoms. The van der Waals surface area contributed by atoms with Crippen LogP contribution in [0.1, 0.15) is 71.6 Å². The Bertz CT molecular complexity index is 195. The van der Waals surface area contributed by atoms with Crippen molar-refractivity contribution in [3.63, 3.8) is 0 Å². The van der Waals surface area contributed by atoms with Crippen molar-refractivity contribution in [1.29, 1.82) is 0 Å². The predicted octanol–water partition coefficient (Wildman–Crippen LogP) is 3.70. The van der Waals surface area contributed by atoms with Gasteiger partial charge in [-0.15, -0.1) is 0 Å². The molecule has 0 aromatic rings. The molecule has 1 saturated carbocycles. The molecule has 108 valence electrons. The Morgan fingerprint density at radius 2 is 1.78 bits per heavy atom. The Hall–Kier alpha value is -0.0800. The molecule has 2 nitrogen and oxygen atoms in total. The van der Waals surface area contributed by atoms with Crippen LogP contribution < -0.4 is 11.1 Å². The fraction of sp³-hybridized carbons (Fsp3) is 1.00. The van der Waals surface area contributed by atoms with E-state index in [0.717, 1.165) is 12.5 Å². The molecular formula is C16H34N2. The summed E-state index contributed by atoms with van der Waals surface area (Å²) in [6.07, 6.45) is 12.3. The fourth-order valence-corrected chi connectivity index (χ4v) is 3.14. The highest BCUT2D eigenvalue weighted by Gasteiger charge is 2.29. The van der Waals surface area contributed by atoms with Gasteiger partial charge in [0.2, 0.25) is 0 Å². The highest BCUT2D eigenvalue weighted by atomic mass is 14.8. The van der Waals surface area contributed by atoms with Gasteiger partial charge in [-0.05, 0) is 56.7 Å². The van der Waals surface area contributed by atoms with Gasteiger partial charge in [-0.25, -0.2) is 0 Å². The van der Waals surface area contributed by atoms with E-state index in [1.807, 2.05) is 0 Å². The molecule has 2 heteroatoms. The number of unbranched alkanes of at least 4 members (excludes halogenated alkanes) is 1. The first-order valence-electron chi connectivity index (χ1n) is 8.09. The van der Waals surface area contributed by atoms with Gasteiger partial charge in [0.15, 0.2) is 0 Å². The smallest absolute Gasteiger partial charge is 0.00201 e. The SMILES string of the molecule is CC(C)CCCCNCCC1(CN)CCCCC1. The lowest BCUT2D eigenvalue weighted by molar-refractivity contribution is 0.181. The second kappa shape index (κ2) is 8.92. The Balaban J connectivity index is 2.02. The quantitative estimate of drug-likeness (QED) is 0.616. The van der Waals surface area contributed by atoms with Crippen molar-refractivity contribution in [2.45, 2.75) is 71.6 Å². The van der Waals surface area contributed by atoms with E-state index in [0.29, 0.717) is 5.41 Å². The average molecular weight is 254 g/mol. The lowest BCUT2D eigenvalue weighted by atomic mass is 9.72. The molecule has 0 atom stereocenters. The summed E-state index contributed by atoms with van der Waals surface area (Å²) in [4.78, 5) is 0. The molecule has 1 aliphatic rings. The minimum atomic E-state index is 0.475. The van der Waals surface area contributed by atoms with E-state index in [9.17, 15) is 0 Å². The molecule has 0 aliphatic heterocycles. The molecule has 0 heterocycles. The summed E-state index contributed by atoms with van der Waals surface area (Å²) in [6.45, 7) is 7.86. The maximum absolute atomic E-state index is 6.01. The molecule has 1 fully saturated rings. The minimum Gasteiger partial charge on any atom is -0.330 e. The molecule has 0 radical (unpaired) electrons. The Labute approximate surface area is 114 Å². The maximum atomic E-state index is 6.01. The zero-order valence-electron chi connectivity index (χ0n) is 12.6. The first kappa shape index (κ1) is 16.0. The molecule has 0 spiro atoms. The van der Waals surface area contributed by atoms with Gasteiger partial charge >= 0.3 is 0 Å². The van der Waals surface area contributed by atoms with Crippen molar-refractivity contribution in [3.8, 4) is 0 Å². The molecule has 0 aromatic carbocycles. The lowest BCUT2D eigenvalue weighted by Crippen LogP contribution is -2.36. The van der Waals surface area contributed by atoms with Crippen molar-refractivity contribution in [3.05, 3.63) is 0 Å². The molecule has 18 heavy (non-hydrogen) atoms. The van der Waals surface area contributed by atoms with Crippen LogP contribution in [-0.2, 0) is 0 Å². The first-order chi connectivity index (χ1) is 8.68. The van der Waals surface area contributed by atoms with Crippen molar-refractivity contribution >= 4 is 0 Å². The van der Waals surface area contributed by atoms with E-state index in [-0.39, 0.29) is 0 Å². The first-order valence-corrected chi connectivity index (χ1v) is 8.09. The zero-order chi connectivity index (χ0) is 13.3. The third-order valence-corrected chi connectivity index (χ3v) is 4.56. The van der Waals surface area contributed by atoms with E-state index < -0.39 is 0 Å². The van der Waals surface area contributed by atoms with Crippen LogP contribution >= 0.6 is 0 Å².